The average molecular weight is 209 g/mol. The lowest BCUT2D eigenvalue weighted by Gasteiger charge is -1.96. The number of carbonyl (C=O) groups is 1. The van der Waals surface area contributed by atoms with Crippen molar-refractivity contribution in [2.24, 2.45) is 0 Å². The Balaban J connectivity index is 2.60. The first-order valence-corrected chi connectivity index (χ1v) is 4.72. The minimum absolute atomic E-state index is 0.116. The first kappa shape index (κ1) is 8.83. The average Bonchev–Trinajstić information content (AvgIpc) is 2.70. The van der Waals surface area contributed by atoms with Gasteiger partial charge in [-0.3, -0.25) is 0 Å². The molecule has 0 fully saturated rings. The largest absolute Gasteiger partial charge is 0.478 e. The van der Waals surface area contributed by atoms with Crippen molar-refractivity contribution in [1.29, 1.82) is 0 Å². The normalized spacial score (nSPS) is 10.3. The molecular formula is C9H7NO3S. The van der Waals surface area contributed by atoms with Crippen LogP contribution in [-0.2, 0) is 0 Å². The number of hydrogen-bond acceptors (Lipinski definition) is 4. The molecule has 0 bridgehead atoms. The Bertz CT molecular complexity index is 458. The number of furan rings is 1. The molecular weight excluding hydrogens is 202 g/mol. The number of thiophene rings is 1. The number of aromatic carboxylic acids is 1. The first-order valence-electron chi connectivity index (χ1n) is 3.84. The van der Waals surface area contributed by atoms with Gasteiger partial charge in [0.15, 0.2) is 0 Å². The lowest BCUT2D eigenvalue weighted by atomic mass is 10.1. The van der Waals surface area contributed by atoms with Gasteiger partial charge in [0.25, 0.3) is 0 Å². The Hall–Kier alpha value is -1.75. The molecule has 0 amide bonds. The van der Waals surface area contributed by atoms with Crippen molar-refractivity contribution in [3.8, 4) is 11.3 Å². The zero-order valence-electron chi connectivity index (χ0n) is 7.06. The summed E-state index contributed by atoms with van der Waals surface area (Å²) in [6, 6.07) is 3.41. The van der Waals surface area contributed by atoms with Crippen LogP contribution in [0.2, 0.25) is 0 Å². The van der Waals surface area contributed by atoms with Crippen LogP contribution in [0.5, 0.6) is 0 Å². The van der Waals surface area contributed by atoms with Crippen LogP contribution in [0.15, 0.2) is 28.2 Å². The molecule has 0 aliphatic carbocycles. The van der Waals surface area contributed by atoms with Crippen LogP contribution in [0.25, 0.3) is 11.3 Å². The van der Waals surface area contributed by atoms with E-state index in [0.717, 1.165) is 0 Å². The van der Waals surface area contributed by atoms with Crippen molar-refractivity contribution in [2.75, 3.05) is 5.73 Å². The van der Waals surface area contributed by atoms with E-state index in [1.54, 1.807) is 17.5 Å². The van der Waals surface area contributed by atoms with Gasteiger partial charge in [0.2, 0.25) is 0 Å². The van der Waals surface area contributed by atoms with Crippen molar-refractivity contribution in [3.63, 3.8) is 0 Å². The summed E-state index contributed by atoms with van der Waals surface area (Å²) in [7, 11) is 0. The molecule has 0 aromatic carbocycles. The van der Waals surface area contributed by atoms with Crippen LogP contribution >= 0.6 is 11.3 Å². The molecule has 2 rings (SSSR count). The summed E-state index contributed by atoms with van der Waals surface area (Å²) in [6.07, 6.45) is 1.49. The summed E-state index contributed by atoms with van der Waals surface area (Å²) in [5.74, 6) is -0.509. The van der Waals surface area contributed by atoms with Crippen LogP contribution in [-0.4, -0.2) is 11.1 Å². The molecule has 0 aliphatic rings. The number of rotatable bonds is 2. The second-order valence-electron chi connectivity index (χ2n) is 2.67. The third kappa shape index (κ3) is 1.27. The van der Waals surface area contributed by atoms with Crippen LogP contribution in [0, 0.1) is 0 Å². The van der Waals surface area contributed by atoms with Gasteiger partial charge in [0, 0.05) is 10.9 Å². The number of carboxylic acids is 1. The van der Waals surface area contributed by atoms with Gasteiger partial charge in [0.05, 0.1) is 6.26 Å². The summed E-state index contributed by atoms with van der Waals surface area (Å²) < 4.78 is 5.11. The van der Waals surface area contributed by atoms with Gasteiger partial charge in [-0.15, -0.1) is 11.3 Å². The first-order chi connectivity index (χ1) is 6.70. The molecule has 5 heteroatoms. The molecule has 72 valence electrons. The van der Waals surface area contributed by atoms with Gasteiger partial charge in [0.1, 0.15) is 16.3 Å². The fourth-order valence-corrected chi connectivity index (χ4v) is 2.00. The fourth-order valence-electron chi connectivity index (χ4n) is 1.21. The Morgan fingerprint density at radius 3 is 2.93 bits per heavy atom. The lowest BCUT2D eigenvalue weighted by molar-refractivity contribution is 0.0699. The second-order valence-corrected chi connectivity index (χ2v) is 3.58. The number of nitrogens with two attached hydrogens (primary N) is 1. The molecule has 0 unspecified atom stereocenters. The minimum atomic E-state index is -1.03. The van der Waals surface area contributed by atoms with Gasteiger partial charge < -0.3 is 15.3 Å². The van der Waals surface area contributed by atoms with E-state index in [2.05, 4.69) is 0 Å². The van der Waals surface area contributed by atoms with Crippen molar-refractivity contribution < 1.29 is 14.3 Å². The van der Waals surface area contributed by atoms with E-state index in [1.165, 1.54) is 17.6 Å². The Morgan fingerprint density at radius 1 is 1.57 bits per heavy atom. The molecule has 0 saturated heterocycles. The summed E-state index contributed by atoms with van der Waals surface area (Å²) in [6.45, 7) is 0. The highest BCUT2D eigenvalue weighted by molar-refractivity contribution is 7.14. The van der Waals surface area contributed by atoms with Crippen molar-refractivity contribution in [2.45, 2.75) is 0 Å². The van der Waals surface area contributed by atoms with E-state index in [1.807, 2.05) is 0 Å². The monoisotopic (exact) mass is 209 g/mol. The van der Waals surface area contributed by atoms with Crippen LogP contribution in [0.3, 0.4) is 0 Å². The maximum absolute atomic E-state index is 10.9. The summed E-state index contributed by atoms with van der Waals surface area (Å²) >= 11 is 1.19. The van der Waals surface area contributed by atoms with Crippen LogP contribution < -0.4 is 5.73 Å². The van der Waals surface area contributed by atoms with Gasteiger partial charge in [-0.25, -0.2) is 4.79 Å². The maximum Gasteiger partial charge on any atom is 0.339 e. The SMILES string of the molecule is Nc1scc(-c2ccco2)c1C(=O)O. The van der Waals surface area contributed by atoms with Crippen molar-refractivity contribution >= 4 is 22.3 Å². The standard InChI is InChI=1S/C9H7NO3S/c10-8-7(9(11)12)5(4-14-8)6-2-1-3-13-6/h1-4H,10H2,(H,11,12). The van der Waals surface area contributed by atoms with E-state index in [0.29, 0.717) is 16.3 Å². The minimum Gasteiger partial charge on any atom is -0.478 e. The molecule has 0 radical (unpaired) electrons. The lowest BCUT2D eigenvalue weighted by Crippen LogP contribution is -1.99. The number of nitrogen functional groups attached to an aromatic ring is 1. The molecule has 14 heavy (non-hydrogen) atoms. The summed E-state index contributed by atoms with van der Waals surface area (Å²) in [5, 5.41) is 10.9. The van der Waals surface area contributed by atoms with Gasteiger partial charge in [-0.05, 0) is 12.1 Å². The third-order valence-corrected chi connectivity index (χ3v) is 2.63. The van der Waals surface area contributed by atoms with E-state index in [-0.39, 0.29) is 5.56 Å². The second kappa shape index (κ2) is 3.19. The molecule has 0 spiro atoms. The highest BCUT2D eigenvalue weighted by atomic mass is 32.1. The maximum atomic E-state index is 10.9. The zero-order chi connectivity index (χ0) is 10.1. The van der Waals surface area contributed by atoms with E-state index in [9.17, 15) is 4.79 Å². The molecule has 2 heterocycles. The van der Waals surface area contributed by atoms with Crippen LogP contribution in [0.1, 0.15) is 10.4 Å². The van der Waals surface area contributed by atoms with Crippen molar-refractivity contribution in [3.05, 3.63) is 29.3 Å². The molecule has 2 aromatic rings. The molecule has 0 saturated carbocycles. The predicted octanol–water partition coefficient (Wildman–Crippen LogP) is 2.29. The zero-order valence-corrected chi connectivity index (χ0v) is 7.88. The highest BCUT2D eigenvalue weighted by Gasteiger charge is 2.18. The number of carboxylic acid groups (broad SMARTS) is 1. The molecule has 4 nitrogen and oxygen atoms in total. The topological polar surface area (TPSA) is 76.5 Å². The molecule has 3 N–H and O–H groups in total. The van der Waals surface area contributed by atoms with Gasteiger partial charge in [-0.2, -0.15) is 0 Å². The molecule has 0 atom stereocenters. The smallest absolute Gasteiger partial charge is 0.339 e. The summed E-state index contributed by atoms with van der Waals surface area (Å²) in [4.78, 5) is 10.9. The quantitative estimate of drug-likeness (QED) is 0.795. The number of hydrogen-bond donors (Lipinski definition) is 2. The highest BCUT2D eigenvalue weighted by Crippen LogP contribution is 2.33. The van der Waals surface area contributed by atoms with Crippen LogP contribution in [0.4, 0.5) is 5.00 Å². The predicted molar refractivity (Wildman–Crippen MR) is 53.4 cm³/mol. The van der Waals surface area contributed by atoms with Crippen molar-refractivity contribution in [1.82, 2.24) is 0 Å². The molecule has 0 aliphatic heterocycles. The third-order valence-electron chi connectivity index (χ3n) is 1.82. The fraction of sp³-hybridized carbons (Fsp3) is 0. The Labute approximate surface area is 83.6 Å². The number of anilines is 1. The Morgan fingerprint density at radius 2 is 2.36 bits per heavy atom. The van der Waals surface area contributed by atoms with Gasteiger partial charge in [-0.1, -0.05) is 0 Å². The van der Waals surface area contributed by atoms with E-state index >= 15 is 0 Å². The van der Waals surface area contributed by atoms with E-state index < -0.39 is 5.97 Å². The van der Waals surface area contributed by atoms with E-state index in [4.69, 9.17) is 15.3 Å². The Kier molecular flexibility index (Phi) is 2.01. The summed E-state index contributed by atoms with van der Waals surface area (Å²) in [5.41, 5.74) is 6.19. The molecule has 2 aromatic heterocycles. The van der Waals surface area contributed by atoms with Gasteiger partial charge >= 0.3 is 5.97 Å².